The lowest BCUT2D eigenvalue weighted by Crippen LogP contribution is -2.47. The highest BCUT2D eigenvalue weighted by molar-refractivity contribution is 5.41. The van der Waals surface area contributed by atoms with Crippen LogP contribution in [0.25, 0.3) is 0 Å². The molecule has 1 aliphatic rings. The molecule has 1 saturated heterocycles. The number of hydrogen-bond donors (Lipinski definition) is 1. The Balaban J connectivity index is 2.04. The number of nitrogens with zero attached hydrogens (tertiary/aromatic N) is 4. The van der Waals surface area contributed by atoms with Crippen LogP contribution in [-0.4, -0.2) is 28.3 Å². The summed E-state index contributed by atoms with van der Waals surface area (Å²) in [5.74, 6) is 0.604. The van der Waals surface area contributed by atoms with Crippen LogP contribution in [0.3, 0.4) is 0 Å². The van der Waals surface area contributed by atoms with Crippen LogP contribution >= 0.6 is 0 Å². The van der Waals surface area contributed by atoms with E-state index in [0.29, 0.717) is 24.5 Å². The van der Waals surface area contributed by atoms with E-state index in [-0.39, 0.29) is 17.3 Å². The fraction of sp³-hybridized carbons (Fsp3) is 0.389. The topological polar surface area (TPSA) is 97.1 Å². The second-order valence-corrected chi connectivity index (χ2v) is 6.43. The van der Waals surface area contributed by atoms with Gasteiger partial charge < -0.3 is 10.6 Å². The zero-order valence-corrected chi connectivity index (χ0v) is 14.2. The molecule has 3 rings (SSSR count). The minimum atomic E-state index is -0.356. The van der Waals surface area contributed by atoms with Crippen molar-refractivity contribution in [2.24, 2.45) is 12.8 Å². The smallest absolute Gasteiger partial charge is 0.332 e. The molecule has 0 unspecified atom stereocenters. The van der Waals surface area contributed by atoms with Crippen molar-refractivity contribution in [2.75, 3.05) is 18.0 Å². The molecule has 0 saturated carbocycles. The highest BCUT2D eigenvalue weighted by Gasteiger charge is 2.21. The Kier molecular flexibility index (Phi) is 4.72. The fourth-order valence-electron chi connectivity index (χ4n) is 3.15. The van der Waals surface area contributed by atoms with Crippen molar-refractivity contribution in [1.82, 2.24) is 9.13 Å². The average Bonchev–Trinajstić information content (AvgIpc) is 2.62. The minimum absolute atomic E-state index is 0.0382. The standard InChI is InChI=1S/C18H21N5O2/c1-21-17(24)9-16(22-8-2-3-15(20)12-22)23(18(21)25)11-14-6-4-13(10-19)5-7-14/h4-7,9,15H,2-3,8,11-12,20H2,1H3/t15-/m0/s1. The lowest BCUT2D eigenvalue weighted by Gasteiger charge is -2.34. The molecule has 7 heteroatoms. The van der Waals surface area contributed by atoms with Gasteiger partial charge in [-0.3, -0.25) is 13.9 Å². The lowest BCUT2D eigenvalue weighted by atomic mass is 10.1. The molecule has 0 radical (unpaired) electrons. The van der Waals surface area contributed by atoms with Gasteiger partial charge in [-0.15, -0.1) is 0 Å². The largest absolute Gasteiger partial charge is 0.356 e. The van der Waals surface area contributed by atoms with Crippen molar-refractivity contribution in [3.63, 3.8) is 0 Å². The lowest BCUT2D eigenvalue weighted by molar-refractivity contribution is 0.491. The van der Waals surface area contributed by atoms with Crippen LogP contribution in [0.5, 0.6) is 0 Å². The average molecular weight is 339 g/mol. The number of benzene rings is 1. The maximum Gasteiger partial charge on any atom is 0.332 e. The van der Waals surface area contributed by atoms with Gasteiger partial charge in [0.1, 0.15) is 5.82 Å². The zero-order chi connectivity index (χ0) is 18.0. The molecule has 25 heavy (non-hydrogen) atoms. The summed E-state index contributed by atoms with van der Waals surface area (Å²) in [6, 6.07) is 10.7. The van der Waals surface area contributed by atoms with E-state index in [4.69, 9.17) is 11.0 Å². The first-order chi connectivity index (χ1) is 12.0. The van der Waals surface area contributed by atoms with E-state index in [1.165, 1.54) is 13.1 Å². The van der Waals surface area contributed by atoms with Gasteiger partial charge in [0.05, 0.1) is 18.2 Å². The Hall–Kier alpha value is -2.85. The molecular formula is C18H21N5O2. The summed E-state index contributed by atoms with van der Waals surface area (Å²) < 4.78 is 2.71. The first-order valence-electron chi connectivity index (χ1n) is 8.30. The highest BCUT2D eigenvalue weighted by Crippen LogP contribution is 2.18. The summed E-state index contributed by atoms with van der Waals surface area (Å²) in [5, 5.41) is 8.91. The molecule has 7 nitrogen and oxygen atoms in total. The van der Waals surface area contributed by atoms with E-state index in [1.807, 2.05) is 17.0 Å². The van der Waals surface area contributed by atoms with Gasteiger partial charge in [-0.05, 0) is 30.5 Å². The van der Waals surface area contributed by atoms with Gasteiger partial charge in [0.2, 0.25) is 0 Å². The predicted molar refractivity (Wildman–Crippen MR) is 95.6 cm³/mol. The van der Waals surface area contributed by atoms with Gasteiger partial charge in [-0.25, -0.2) is 4.79 Å². The highest BCUT2D eigenvalue weighted by atomic mass is 16.2. The van der Waals surface area contributed by atoms with E-state index in [9.17, 15) is 9.59 Å². The number of nitriles is 1. The molecule has 0 amide bonds. The number of rotatable bonds is 3. The van der Waals surface area contributed by atoms with Crippen LogP contribution in [0.4, 0.5) is 5.82 Å². The third-order valence-electron chi connectivity index (χ3n) is 4.58. The number of hydrogen-bond acceptors (Lipinski definition) is 5. The van der Waals surface area contributed by atoms with Crippen molar-refractivity contribution >= 4 is 5.82 Å². The molecule has 2 aromatic rings. The summed E-state index contributed by atoms with van der Waals surface area (Å²) in [5.41, 5.74) is 6.84. The van der Waals surface area contributed by atoms with Gasteiger partial charge in [-0.1, -0.05) is 12.1 Å². The van der Waals surface area contributed by atoms with E-state index in [1.54, 1.807) is 16.7 Å². The second-order valence-electron chi connectivity index (χ2n) is 6.43. The summed E-state index contributed by atoms with van der Waals surface area (Å²) >= 11 is 0. The maximum atomic E-state index is 12.7. The quantitative estimate of drug-likeness (QED) is 0.873. The van der Waals surface area contributed by atoms with Crippen LogP contribution in [0.1, 0.15) is 24.0 Å². The molecule has 130 valence electrons. The Bertz CT molecular complexity index is 920. The molecule has 0 spiro atoms. The Labute approximate surface area is 145 Å². The summed E-state index contributed by atoms with van der Waals surface area (Å²) in [4.78, 5) is 26.8. The third-order valence-corrected chi connectivity index (χ3v) is 4.58. The van der Waals surface area contributed by atoms with Crippen molar-refractivity contribution in [3.8, 4) is 6.07 Å². The van der Waals surface area contributed by atoms with Crippen molar-refractivity contribution in [2.45, 2.75) is 25.4 Å². The van der Waals surface area contributed by atoms with Gasteiger partial charge in [0.15, 0.2) is 0 Å². The van der Waals surface area contributed by atoms with Crippen LogP contribution in [0, 0.1) is 11.3 Å². The van der Waals surface area contributed by atoms with Crippen molar-refractivity contribution in [3.05, 3.63) is 62.3 Å². The molecule has 2 heterocycles. The van der Waals surface area contributed by atoms with Gasteiger partial charge in [0.25, 0.3) is 5.56 Å². The Morgan fingerprint density at radius 2 is 2.00 bits per heavy atom. The molecule has 0 bridgehead atoms. The van der Waals surface area contributed by atoms with Crippen LogP contribution in [0.2, 0.25) is 0 Å². The second kappa shape index (κ2) is 6.95. The zero-order valence-electron chi connectivity index (χ0n) is 14.2. The maximum absolute atomic E-state index is 12.7. The molecule has 1 aromatic carbocycles. The summed E-state index contributed by atoms with van der Waals surface area (Å²) in [7, 11) is 1.48. The Morgan fingerprint density at radius 1 is 1.28 bits per heavy atom. The molecule has 2 N–H and O–H groups in total. The monoisotopic (exact) mass is 339 g/mol. The number of anilines is 1. The van der Waals surface area contributed by atoms with Gasteiger partial charge >= 0.3 is 5.69 Å². The molecular weight excluding hydrogens is 318 g/mol. The van der Waals surface area contributed by atoms with Crippen molar-refractivity contribution < 1.29 is 0 Å². The van der Waals surface area contributed by atoms with E-state index < -0.39 is 0 Å². The van der Waals surface area contributed by atoms with E-state index in [2.05, 4.69) is 6.07 Å². The molecule has 1 fully saturated rings. The Morgan fingerprint density at radius 3 is 2.64 bits per heavy atom. The third kappa shape index (κ3) is 3.49. The van der Waals surface area contributed by atoms with E-state index >= 15 is 0 Å². The van der Waals surface area contributed by atoms with Crippen LogP contribution < -0.4 is 21.9 Å². The predicted octanol–water partition coefficient (Wildman–Crippen LogP) is 0.394. The molecule has 1 aliphatic heterocycles. The summed E-state index contributed by atoms with van der Waals surface area (Å²) in [6.07, 6.45) is 1.88. The number of nitrogens with two attached hydrogens (primary N) is 1. The first-order valence-corrected chi connectivity index (χ1v) is 8.30. The van der Waals surface area contributed by atoms with Crippen LogP contribution in [-0.2, 0) is 13.6 Å². The fourth-order valence-corrected chi connectivity index (χ4v) is 3.15. The molecule has 1 atom stereocenters. The van der Waals surface area contributed by atoms with Gasteiger partial charge in [-0.2, -0.15) is 5.26 Å². The summed E-state index contributed by atoms with van der Waals surface area (Å²) in [6.45, 7) is 1.73. The van der Waals surface area contributed by atoms with Gasteiger partial charge in [0, 0.05) is 32.2 Å². The molecule has 1 aromatic heterocycles. The molecule has 0 aliphatic carbocycles. The van der Waals surface area contributed by atoms with Crippen LogP contribution in [0.15, 0.2) is 39.9 Å². The number of piperidine rings is 1. The van der Waals surface area contributed by atoms with E-state index in [0.717, 1.165) is 29.5 Å². The number of aromatic nitrogens is 2. The first kappa shape index (κ1) is 17.0. The minimum Gasteiger partial charge on any atom is -0.356 e. The normalized spacial score (nSPS) is 17.3. The SMILES string of the molecule is Cn1c(=O)cc(N2CCC[C@H](N)C2)n(Cc2ccc(C#N)cc2)c1=O. The van der Waals surface area contributed by atoms with Crippen molar-refractivity contribution in [1.29, 1.82) is 5.26 Å².